The fourth-order valence-electron chi connectivity index (χ4n) is 0.534. The minimum absolute atomic E-state index is 0.459. The van der Waals surface area contributed by atoms with Crippen LogP contribution in [0.2, 0.25) is 0 Å². The van der Waals surface area contributed by atoms with E-state index >= 15 is 0 Å². The highest BCUT2D eigenvalue weighted by atomic mass is 127. The number of terminal acetylenes is 1. The number of hydrogen-bond donors (Lipinski definition) is 1. The van der Waals surface area contributed by atoms with Crippen LogP contribution >= 0.6 is 22.6 Å². The van der Waals surface area contributed by atoms with Crippen LogP contribution in [0.1, 0.15) is 0 Å². The van der Waals surface area contributed by atoms with Crippen LogP contribution in [0.5, 0.6) is 0 Å². The minimum atomic E-state index is 0.459. The first kappa shape index (κ1) is 8.27. The summed E-state index contributed by atoms with van der Waals surface area (Å²) in [6.45, 7) is 0.459. The van der Waals surface area contributed by atoms with Crippen molar-refractivity contribution >= 4 is 28.5 Å². The van der Waals surface area contributed by atoms with Crippen LogP contribution in [0.3, 0.4) is 0 Å². The molecule has 56 valence electrons. The smallest absolute Gasteiger partial charge is 0.223 e. The van der Waals surface area contributed by atoms with E-state index in [1.54, 1.807) is 12.4 Å². The van der Waals surface area contributed by atoms with E-state index in [-0.39, 0.29) is 0 Å². The summed E-state index contributed by atoms with van der Waals surface area (Å²) in [5.41, 5.74) is 0. The predicted octanol–water partition coefficient (Wildman–Crippen LogP) is 1.13. The van der Waals surface area contributed by atoms with Gasteiger partial charge in [0.2, 0.25) is 5.95 Å². The summed E-state index contributed by atoms with van der Waals surface area (Å²) in [5, 5.41) is 2.86. The van der Waals surface area contributed by atoms with Crippen LogP contribution in [0.25, 0.3) is 0 Å². The molecule has 0 amide bonds. The molecule has 1 heterocycles. The van der Waals surface area contributed by atoms with E-state index in [1.807, 2.05) is 0 Å². The van der Waals surface area contributed by atoms with Crippen LogP contribution < -0.4 is 5.32 Å². The van der Waals surface area contributed by atoms with Gasteiger partial charge in [0.15, 0.2) is 0 Å². The van der Waals surface area contributed by atoms with Crippen molar-refractivity contribution in [3.05, 3.63) is 16.0 Å². The van der Waals surface area contributed by atoms with Crippen LogP contribution in [-0.2, 0) is 0 Å². The lowest BCUT2D eigenvalue weighted by Crippen LogP contribution is -2.02. The van der Waals surface area contributed by atoms with E-state index in [0.29, 0.717) is 12.5 Å². The van der Waals surface area contributed by atoms with Crippen molar-refractivity contribution in [3.63, 3.8) is 0 Å². The van der Waals surface area contributed by atoms with Gasteiger partial charge in [0.25, 0.3) is 0 Å². The van der Waals surface area contributed by atoms with Gasteiger partial charge in [-0.25, -0.2) is 9.97 Å². The Bertz CT molecular complexity index is 262. The summed E-state index contributed by atoms with van der Waals surface area (Å²) in [4.78, 5) is 7.98. The van der Waals surface area contributed by atoms with E-state index in [1.165, 1.54) is 0 Å². The molecule has 0 aliphatic heterocycles. The zero-order valence-corrected chi connectivity index (χ0v) is 7.87. The highest BCUT2D eigenvalue weighted by Crippen LogP contribution is 2.01. The average Bonchev–Trinajstić information content (AvgIpc) is 2.04. The largest absolute Gasteiger partial charge is 0.343 e. The molecule has 1 aromatic heterocycles. The first-order chi connectivity index (χ1) is 5.33. The summed E-state index contributed by atoms with van der Waals surface area (Å²) in [5.74, 6) is 3.01. The zero-order valence-electron chi connectivity index (χ0n) is 5.71. The predicted molar refractivity (Wildman–Crippen MR) is 52.1 cm³/mol. The van der Waals surface area contributed by atoms with Crippen molar-refractivity contribution in [3.8, 4) is 12.3 Å². The van der Waals surface area contributed by atoms with Crippen molar-refractivity contribution in [2.24, 2.45) is 0 Å². The average molecular weight is 259 g/mol. The van der Waals surface area contributed by atoms with Gasteiger partial charge >= 0.3 is 0 Å². The Kier molecular flexibility index (Phi) is 3.11. The molecule has 4 heteroatoms. The van der Waals surface area contributed by atoms with Gasteiger partial charge in [-0.1, -0.05) is 5.92 Å². The monoisotopic (exact) mass is 259 g/mol. The highest BCUT2D eigenvalue weighted by molar-refractivity contribution is 14.1. The maximum Gasteiger partial charge on any atom is 0.223 e. The van der Waals surface area contributed by atoms with Gasteiger partial charge in [0, 0.05) is 16.0 Å². The van der Waals surface area contributed by atoms with E-state index < -0.39 is 0 Å². The van der Waals surface area contributed by atoms with E-state index in [2.05, 4.69) is 43.8 Å². The third-order valence-corrected chi connectivity index (χ3v) is 1.53. The molecular weight excluding hydrogens is 253 g/mol. The fourth-order valence-corrected chi connectivity index (χ4v) is 0.812. The topological polar surface area (TPSA) is 37.8 Å². The van der Waals surface area contributed by atoms with Crippen molar-refractivity contribution in [1.82, 2.24) is 9.97 Å². The van der Waals surface area contributed by atoms with Crippen molar-refractivity contribution in [1.29, 1.82) is 0 Å². The number of anilines is 1. The molecule has 0 spiro atoms. The van der Waals surface area contributed by atoms with Gasteiger partial charge < -0.3 is 5.32 Å². The first-order valence-corrected chi connectivity index (χ1v) is 4.05. The van der Waals surface area contributed by atoms with E-state index in [4.69, 9.17) is 6.42 Å². The second kappa shape index (κ2) is 4.13. The maximum atomic E-state index is 5.04. The third-order valence-electron chi connectivity index (χ3n) is 0.969. The van der Waals surface area contributed by atoms with Crippen LogP contribution in [-0.4, -0.2) is 16.5 Å². The molecule has 0 fully saturated rings. The molecule has 0 aromatic carbocycles. The molecule has 11 heavy (non-hydrogen) atoms. The van der Waals surface area contributed by atoms with Gasteiger partial charge in [-0.3, -0.25) is 0 Å². The molecule has 1 aromatic rings. The third kappa shape index (κ3) is 2.72. The zero-order chi connectivity index (χ0) is 8.10. The normalized spacial score (nSPS) is 8.73. The number of hydrogen-bond acceptors (Lipinski definition) is 3. The number of rotatable bonds is 2. The Morgan fingerprint density at radius 1 is 1.55 bits per heavy atom. The molecule has 0 aliphatic carbocycles. The lowest BCUT2D eigenvalue weighted by atomic mass is 10.6. The summed E-state index contributed by atoms with van der Waals surface area (Å²) in [6, 6.07) is 0. The molecule has 0 atom stereocenters. The summed E-state index contributed by atoms with van der Waals surface area (Å²) < 4.78 is 1.01. The maximum absolute atomic E-state index is 5.04. The number of aromatic nitrogens is 2. The Hall–Kier alpha value is -0.830. The molecule has 0 unspecified atom stereocenters. The number of halogens is 1. The van der Waals surface area contributed by atoms with Gasteiger partial charge in [0.1, 0.15) is 0 Å². The second-order valence-corrected chi connectivity index (χ2v) is 3.03. The number of nitrogens with zero attached hydrogens (tertiary/aromatic N) is 2. The van der Waals surface area contributed by atoms with Gasteiger partial charge in [-0.2, -0.15) is 0 Å². The number of nitrogens with one attached hydrogen (secondary N) is 1. The Balaban J connectivity index is 2.60. The van der Waals surface area contributed by atoms with Crippen molar-refractivity contribution < 1.29 is 0 Å². The molecule has 0 radical (unpaired) electrons. The Morgan fingerprint density at radius 2 is 2.18 bits per heavy atom. The minimum Gasteiger partial charge on any atom is -0.343 e. The van der Waals surface area contributed by atoms with E-state index in [9.17, 15) is 0 Å². The summed E-state index contributed by atoms with van der Waals surface area (Å²) >= 11 is 2.14. The lowest BCUT2D eigenvalue weighted by Gasteiger charge is -1.97. The fraction of sp³-hybridized carbons (Fsp3) is 0.143. The summed E-state index contributed by atoms with van der Waals surface area (Å²) in [6.07, 6.45) is 8.49. The SMILES string of the molecule is C#CCNc1ncc(I)cn1. The van der Waals surface area contributed by atoms with Crippen molar-refractivity contribution in [2.75, 3.05) is 11.9 Å². The molecule has 0 saturated carbocycles. The quantitative estimate of drug-likeness (QED) is 0.639. The Labute approximate surface area is 78.8 Å². The summed E-state index contributed by atoms with van der Waals surface area (Å²) in [7, 11) is 0. The molecule has 3 nitrogen and oxygen atoms in total. The standard InChI is InChI=1S/C7H6IN3/c1-2-3-9-7-10-4-6(8)5-11-7/h1,4-5H,3H2,(H,9,10,11). The highest BCUT2D eigenvalue weighted by Gasteiger charge is 1.91. The molecule has 1 N–H and O–H groups in total. The lowest BCUT2D eigenvalue weighted by molar-refractivity contribution is 1.12. The molecule has 0 aliphatic rings. The molecule has 0 bridgehead atoms. The van der Waals surface area contributed by atoms with Crippen LogP contribution in [0.15, 0.2) is 12.4 Å². The van der Waals surface area contributed by atoms with Gasteiger partial charge in [-0.15, -0.1) is 6.42 Å². The van der Waals surface area contributed by atoms with Crippen molar-refractivity contribution in [2.45, 2.75) is 0 Å². The molecular formula is C7H6IN3. The second-order valence-electron chi connectivity index (χ2n) is 1.78. The van der Waals surface area contributed by atoms with Gasteiger partial charge in [0.05, 0.1) is 6.54 Å². The Morgan fingerprint density at radius 3 is 2.73 bits per heavy atom. The van der Waals surface area contributed by atoms with Crippen LogP contribution in [0, 0.1) is 15.9 Å². The first-order valence-electron chi connectivity index (χ1n) is 2.98. The van der Waals surface area contributed by atoms with Crippen LogP contribution in [0.4, 0.5) is 5.95 Å². The van der Waals surface area contributed by atoms with Gasteiger partial charge in [-0.05, 0) is 22.6 Å². The molecule has 1 rings (SSSR count). The molecule has 0 saturated heterocycles. The van der Waals surface area contributed by atoms with E-state index in [0.717, 1.165) is 3.57 Å².